The fraction of sp³-hybridized carbons (Fsp3) is 0.364. The highest BCUT2D eigenvalue weighted by atomic mass is 35.5. The molecule has 2 aromatic rings. The Morgan fingerprint density at radius 2 is 1.43 bits per heavy atom. The Hall–Kier alpha value is -1.46. The van der Waals surface area contributed by atoms with Crippen LogP contribution in [-0.4, -0.2) is 29.3 Å². The number of unbranched alkanes of at least 4 members (excludes halogenated alkanes) is 1. The van der Waals surface area contributed by atoms with Crippen LogP contribution in [-0.2, 0) is 22.6 Å². The number of rotatable bonds is 9. The molecule has 0 radical (unpaired) electrons. The van der Waals surface area contributed by atoms with E-state index in [1.54, 1.807) is 43.3 Å². The summed E-state index contributed by atoms with van der Waals surface area (Å²) < 4.78 is 0. The maximum absolute atomic E-state index is 13.3. The second-order valence-corrected chi connectivity index (χ2v) is 8.55. The normalized spacial score (nSPS) is 11.8. The van der Waals surface area contributed by atoms with Crippen molar-refractivity contribution in [2.45, 2.75) is 45.7 Å². The Morgan fingerprint density at radius 1 is 0.933 bits per heavy atom. The third-order valence-corrected chi connectivity index (χ3v) is 6.19. The van der Waals surface area contributed by atoms with E-state index in [1.165, 1.54) is 4.90 Å². The van der Waals surface area contributed by atoms with Gasteiger partial charge in [0, 0.05) is 38.7 Å². The Morgan fingerprint density at radius 3 is 1.93 bits per heavy atom. The number of benzene rings is 2. The first-order chi connectivity index (χ1) is 14.3. The third kappa shape index (κ3) is 6.52. The highest BCUT2D eigenvalue weighted by Crippen LogP contribution is 2.29. The lowest BCUT2D eigenvalue weighted by Gasteiger charge is -2.29. The predicted molar refractivity (Wildman–Crippen MR) is 125 cm³/mol. The number of halogens is 4. The molecule has 0 aliphatic heterocycles. The van der Waals surface area contributed by atoms with E-state index in [0.29, 0.717) is 37.8 Å². The summed E-state index contributed by atoms with van der Waals surface area (Å²) in [5.74, 6) is -0.552. The van der Waals surface area contributed by atoms with Gasteiger partial charge in [0.1, 0.15) is 6.04 Å². The van der Waals surface area contributed by atoms with Crippen LogP contribution in [0.15, 0.2) is 36.4 Å². The standard InChI is InChI=1S/C22H24Cl4N2O2/c1-3-4-11-27-22(30)14(2)28(13-16-19(25)9-6-10-20(16)26)21(29)12-15-17(23)7-5-8-18(15)24/h5-10,14H,3-4,11-13H2,1-2H3,(H,27,30)/t14-/m0/s1. The third-order valence-electron chi connectivity index (χ3n) is 4.78. The number of amides is 2. The van der Waals surface area contributed by atoms with E-state index >= 15 is 0 Å². The lowest BCUT2D eigenvalue weighted by molar-refractivity contribution is -0.140. The highest BCUT2D eigenvalue weighted by Gasteiger charge is 2.28. The molecule has 0 aliphatic rings. The van der Waals surface area contributed by atoms with E-state index in [1.807, 2.05) is 6.92 Å². The zero-order valence-corrected chi connectivity index (χ0v) is 19.9. The second kappa shape index (κ2) is 11.8. The van der Waals surface area contributed by atoms with Gasteiger partial charge in [-0.25, -0.2) is 0 Å². The van der Waals surface area contributed by atoms with Gasteiger partial charge >= 0.3 is 0 Å². The van der Waals surface area contributed by atoms with Crippen molar-refractivity contribution < 1.29 is 9.59 Å². The molecule has 0 heterocycles. The molecule has 4 nitrogen and oxygen atoms in total. The maximum Gasteiger partial charge on any atom is 0.242 e. The Kier molecular flexibility index (Phi) is 9.76. The quantitative estimate of drug-likeness (QED) is 0.427. The van der Waals surface area contributed by atoms with Crippen molar-refractivity contribution in [3.8, 4) is 0 Å². The lowest BCUT2D eigenvalue weighted by atomic mass is 10.1. The zero-order valence-electron chi connectivity index (χ0n) is 16.9. The highest BCUT2D eigenvalue weighted by molar-refractivity contribution is 6.36. The largest absolute Gasteiger partial charge is 0.354 e. The molecule has 0 saturated heterocycles. The van der Waals surface area contributed by atoms with E-state index in [4.69, 9.17) is 46.4 Å². The molecular weight excluding hydrogens is 466 g/mol. The van der Waals surface area contributed by atoms with E-state index < -0.39 is 6.04 Å². The number of hydrogen-bond acceptors (Lipinski definition) is 2. The summed E-state index contributed by atoms with van der Waals surface area (Å²) in [7, 11) is 0. The van der Waals surface area contributed by atoms with Gasteiger partial charge in [0.2, 0.25) is 11.8 Å². The van der Waals surface area contributed by atoms with Crippen LogP contribution in [0, 0.1) is 0 Å². The molecule has 0 fully saturated rings. The summed E-state index contributed by atoms with van der Waals surface area (Å²) in [6.45, 7) is 4.35. The Bertz CT molecular complexity index is 864. The van der Waals surface area contributed by atoms with Gasteiger partial charge in [0.05, 0.1) is 6.42 Å². The van der Waals surface area contributed by atoms with Crippen molar-refractivity contribution >= 4 is 58.2 Å². The van der Waals surface area contributed by atoms with E-state index in [-0.39, 0.29) is 24.8 Å². The first-order valence-electron chi connectivity index (χ1n) is 9.69. The van der Waals surface area contributed by atoms with Crippen LogP contribution in [0.4, 0.5) is 0 Å². The van der Waals surface area contributed by atoms with Gasteiger partial charge in [-0.2, -0.15) is 0 Å². The molecule has 1 N–H and O–H groups in total. The smallest absolute Gasteiger partial charge is 0.242 e. The average Bonchev–Trinajstić information content (AvgIpc) is 2.70. The Balaban J connectivity index is 2.32. The fourth-order valence-corrected chi connectivity index (χ4v) is 3.97. The minimum absolute atomic E-state index is 0.0485. The molecule has 0 aromatic heterocycles. The van der Waals surface area contributed by atoms with Gasteiger partial charge in [-0.3, -0.25) is 9.59 Å². The summed E-state index contributed by atoms with van der Waals surface area (Å²) in [6, 6.07) is 9.44. The van der Waals surface area contributed by atoms with Gasteiger partial charge in [-0.1, -0.05) is 71.9 Å². The molecule has 30 heavy (non-hydrogen) atoms. The lowest BCUT2D eigenvalue weighted by Crippen LogP contribution is -2.48. The van der Waals surface area contributed by atoms with Crippen LogP contribution in [0.2, 0.25) is 20.1 Å². The minimum atomic E-state index is -0.733. The molecule has 162 valence electrons. The molecule has 2 rings (SSSR count). The fourth-order valence-electron chi connectivity index (χ4n) is 2.93. The second-order valence-electron chi connectivity index (χ2n) is 6.92. The summed E-state index contributed by atoms with van der Waals surface area (Å²) >= 11 is 25.1. The van der Waals surface area contributed by atoms with E-state index in [2.05, 4.69) is 5.32 Å². The van der Waals surface area contributed by atoms with Crippen molar-refractivity contribution in [1.29, 1.82) is 0 Å². The Labute approximate surface area is 197 Å². The first-order valence-corrected chi connectivity index (χ1v) is 11.2. The SMILES string of the molecule is CCCCNC(=O)[C@H](C)N(Cc1c(Cl)cccc1Cl)C(=O)Cc1c(Cl)cccc1Cl. The number of carbonyl (C=O) groups is 2. The molecule has 1 atom stereocenters. The molecule has 8 heteroatoms. The van der Waals surface area contributed by atoms with Crippen molar-refractivity contribution in [3.63, 3.8) is 0 Å². The molecule has 2 amide bonds. The van der Waals surface area contributed by atoms with Crippen molar-refractivity contribution in [2.24, 2.45) is 0 Å². The maximum atomic E-state index is 13.3. The molecule has 0 bridgehead atoms. The van der Waals surface area contributed by atoms with Gasteiger partial charge < -0.3 is 10.2 Å². The summed E-state index contributed by atoms with van der Waals surface area (Å²) in [4.78, 5) is 27.4. The topological polar surface area (TPSA) is 49.4 Å². The molecule has 0 unspecified atom stereocenters. The van der Waals surface area contributed by atoms with Crippen LogP contribution in [0.3, 0.4) is 0 Å². The predicted octanol–water partition coefficient (Wildman–Crippen LogP) is 6.18. The molecule has 0 saturated carbocycles. The van der Waals surface area contributed by atoms with Gasteiger partial charge in [0.25, 0.3) is 0 Å². The van der Waals surface area contributed by atoms with Crippen LogP contribution in [0.25, 0.3) is 0 Å². The molecule has 2 aromatic carbocycles. The monoisotopic (exact) mass is 488 g/mol. The van der Waals surface area contributed by atoms with Crippen molar-refractivity contribution in [1.82, 2.24) is 10.2 Å². The molecule has 0 spiro atoms. The van der Waals surface area contributed by atoms with E-state index in [9.17, 15) is 9.59 Å². The number of carbonyl (C=O) groups excluding carboxylic acids is 2. The van der Waals surface area contributed by atoms with Gasteiger partial charge in [0.15, 0.2) is 0 Å². The van der Waals surface area contributed by atoms with Gasteiger partial charge in [-0.15, -0.1) is 0 Å². The van der Waals surface area contributed by atoms with Crippen LogP contribution in [0.1, 0.15) is 37.8 Å². The number of hydrogen-bond donors (Lipinski definition) is 1. The number of nitrogens with one attached hydrogen (secondary N) is 1. The van der Waals surface area contributed by atoms with Crippen LogP contribution in [0.5, 0.6) is 0 Å². The summed E-state index contributed by atoms with van der Waals surface area (Å²) in [6.07, 6.45) is 1.77. The summed E-state index contributed by atoms with van der Waals surface area (Å²) in [5, 5.41) is 4.51. The zero-order chi connectivity index (χ0) is 22.3. The van der Waals surface area contributed by atoms with Crippen LogP contribution < -0.4 is 5.32 Å². The summed E-state index contributed by atoms with van der Waals surface area (Å²) in [5.41, 5.74) is 1.09. The number of nitrogens with zero attached hydrogens (tertiary/aromatic N) is 1. The van der Waals surface area contributed by atoms with Crippen LogP contribution >= 0.6 is 46.4 Å². The van der Waals surface area contributed by atoms with Crippen molar-refractivity contribution in [3.05, 3.63) is 67.6 Å². The molecular formula is C22H24Cl4N2O2. The van der Waals surface area contributed by atoms with Crippen molar-refractivity contribution in [2.75, 3.05) is 6.54 Å². The first kappa shape index (κ1) is 24.8. The minimum Gasteiger partial charge on any atom is -0.354 e. The molecule has 0 aliphatic carbocycles. The average molecular weight is 490 g/mol. The van der Waals surface area contributed by atoms with E-state index in [0.717, 1.165) is 12.8 Å². The van der Waals surface area contributed by atoms with Gasteiger partial charge in [-0.05, 0) is 43.2 Å².